The van der Waals surface area contributed by atoms with E-state index in [0.717, 1.165) is 0 Å². The Bertz CT molecular complexity index is 54.7. The molecule has 0 aromatic heterocycles. The fraction of sp³-hybridized carbons (Fsp3) is 0.800. The summed E-state index contributed by atoms with van der Waals surface area (Å²) in [5.74, 6) is 0.167. The number of ketones is 1. The minimum Gasteiger partial charge on any atom is -0.378 e. The molecule has 0 aromatic rings. The van der Waals surface area contributed by atoms with E-state index in [2.05, 4.69) is 0 Å². The van der Waals surface area contributed by atoms with Gasteiger partial charge in [-0.2, -0.15) is 0 Å². The number of aliphatic hydroxyl groups excluding tert-OH is 1. The molecule has 2 nitrogen and oxygen atoms in total. The lowest BCUT2D eigenvalue weighted by atomic mass is 10.6. The van der Waals surface area contributed by atoms with E-state index in [9.17, 15) is 4.79 Å². The van der Waals surface area contributed by atoms with Gasteiger partial charge in [0.15, 0.2) is 0 Å². The van der Waals surface area contributed by atoms with Crippen LogP contribution in [-0.4, -0.2) is 16.5 Å². The molecule has 1 unspecified atom stereocenters. The first-order chi connectivity index (χ1) is 3.46. The van der Waals surface area contributed by atoms with Crippen LogP contribution in [0.3, 0.4) is 0 Å². The summed E-state index contributed by atoms with van der Waals surface area (Å²) in [6.45, 7) is 4.54. The summed E-state index contributed by atoms with van der Waals surface area (Å²) in [5.41, 5.74) is -0.694. The highest BCUT2D eigenvalue weighted by atomic mass is 35.5. The summed E-state index contributed by atoms with van der Waals surface area (Å²) in [6, 6.07) is 0. The van der Waals surface area contributed by atoms with Crippen molar-refractivity contribution in [2.45, 2.75) is 26.3 Å². The molecule has 1 atom stereocenters. The smallest absolute Gasteiger partial charge is 0.126 e. The van der Waals surface area contributed by atoms with E-state index < -0.39 is 5.56 Å². The first kappa shape index (κ1) is 10.8. The average molecular weight is 139 g/mol. The Morgan fingerprint density at radius 1 is 1.62 bits per heavy atom. The minimum atomic E-state index is -0.694. The fourth-order valence-electron chi connectivity index (χ4n) is 0. The predicted octanol–water partition coefficient (Wildman–Crippen LogP) is 1.16. The van der Waals surface area contributed by atoms with Gasteiger partial charge in [-0.15, -0.1) is 0 Å². The summed E-state index contributed by atoms with van der Waals surface area (Å²) in [7, 11) is 0. The van der Waals surface area contributed by atoms with Crippen molar-refractivity contribution in [3.05, 3.63) is 0 Å². The number of hydrogen-bond acceptors (Lipinski definition) is 2. The number of Topliss-reactive ketones (excluding diaryl/α,β-unsaturated/α-hetero) is 1. The molecular formula is C5H11ClO2. The van der Waals surface area contributed by atoms with Crippen molar-refractivity contribution in [2.24, 2.45) is 0 Å². The van der Waals surface area contributed by atoms with Crippen LogP contribution in [0.15, 0.2) is 0 Å². The van der Waals surface area contributed by atoms with Gasteiger partial charge in [-0.25, -0.2) is 0 Å². The summed E-state index contributed by atoms with van der Waals surface area (Å²) in [4.78, 5) is 9.44. The Hall–Kier alpha value is -0.0800. The zero-order valence-electron chi connectivity index (χ0n) is 5.31. The molecule has 0 bridgehead atoms. The molecule has 0 radical (unpaired) electrons. The van der Waals surface area contributed by atoms with E-state index in [1.54, 1.807) is 0 Å². The van der Waals surface area contributed by atoms with Crippen LogP contribution in [0.2, 0.25) is 0 Å². The van der Waals surface area contributed by atoms with E-state index in [4.69, 9.17) is 16.7 Å². The first-order valence-electron chi connectivity index (χ1n) is 2.26. The van der Waals surface area contributed by atoms with Crippen molar-refractivity contribution >= 4 is 17.4 Å². The zero-order valence-corrected chi connectivity index (χ0v) is 6.07. The van der Waals surface area contributed by atoms with Gasteiger partial charge in [0.05, 0.1) is 0 Å². The average Bonchev–Trinajstić information content (AvgIpc) is 1.25. The maximum absolute atomic E-state index is 9.44. The maximum Gasteiger partial charge on any atom is 0.126 e. The van der Waals surface area contributed by atoms with Crippen LogP contribution in [0.1, 0.15) is 20.8 Å². The second kappa shape index (κ2) is 6.92. The predicted molar refractivity (Wildman–Crippen MR) is 33.9 cm³/mol. The Morgan fingerprint density at radius 3 is 1.62 bits per heavy atom. The highest BCUT2D eigenvalue weighted by Gasteiger charge is 1.72. The molecule has 50 valence electrons. The van der Waals surface area contributed by atoms with Crippen LogP contribution >= 0.6 is 11.6 Å². The van der Waals surface area contributed by atoms with E-state index in [1.807, 2.05) is 0 Å². The topological polar surface area (TPSA) is 37.3 Å². The largest absolute Gasteiger partial charge is 0.378 e. The lowest BCUT2D eigenvalue weighted by Crippen LogP contribution is -1.79. The van der Waals surface area contributed by atoms with Crippen molar-refractivity contribution in [1.29, 1.82) is 0 Å². The molecule has 0 saturated carbocycles. The van der Waals surface area contributed by atoms with Crippen molar-refractivity contribution in [1.82, 2.24) is 0 Å². The van der Waals surface area contributed by atoms with Gasteiger partial charge >= 0.3 is 0 Å². The van der Waals surface area contributed by atoms with Gasteiger partial charge in [-0.3, -0.25) is 0 Å². The highest BCUT2D eigenvalue weighted by molar-refractivity contribution is 6.19. The number of rotatable bonds is 0. The quantitative estimate of drug-likeness (QED) is 0.510. The maximum atomic E-state index is 9.44. The number of halogens is 1. The van der Waals surface area contributed by atoms with Crippen LogP contribution in [0.5, 0.6) is 0 Å². The second-order valence-electron chi connectivity index (χ2n) is 1.48. The lowest BCUT2D eigenvalue weighted by Gasteiger charge is -1.77. The van der Waals surface area contributed by atoms with E-state index >= 15 is 0 Å². The third-order valence-electron chi connectivity index (χ3n) is 0. The van der Waals surface area contributed by atoms with Gasteiger partial charge in [-0.05, 0) is 20.8 Å². The summed E-state index contributed by atoms with van der Waals surface area (Å²) in [5, 5.41) is 7.82. The molecule has 0 rings (SSSR count). The van der Waals surface area contributed by atoms with Gasteiger partial charge in [0.2, 0.25) is 0 Å². The molecule has 8 heavy (non-hydrogen) atoms. The Morgan fingerprint density at radius 2 is 1.62 bits per heavy atom. The molecule has 0 aliphatic heterocycles. The molecule has 3 heteroatoms. The highest BCUT2D eigenvalue weighted by Crippen LogP contribution is 1.79. The summed E-state index contributed by atoms with van der Waals surface area (Å²) < 4.78 is 0. The molecule has 0 aliphatic rings. The van der Waals surface area contributed by atoms with Gasteiger partial charge in [-0.1, -0.05) is 11.6 Å². The van der Waals surface area contributed by atoms with Gasteiger partial charge in [0, 0.05) is 0 Å². The van der Waals surface area contributed by atoms with Crippen LogP contribution < -0.4 is 0 Å². The van der Waals surface area contributed by atoms with Crippen molar-refractivity contribution < 1.29 is 9.90 Å². The molecule has 0 fully saturated rings. The van der Waals surface area contributed by atoms with Gasteiger partial charge in [0.25, 0.3) is 0 Å². The fourth-order valence-corrected chi connectivity index (χ4v) is 0. The lowest BCUT2D eigenvalue weighted by molar-refractivity contribution is -0.114. The monoisotopic (exact) mass is 138 g/mol. The van der Waals surface area contributed by atoms with E-state index in [0.29, 0.717) is 0 Å². The third-order valence-corrected chi connectivity index (χ3v) is 0. The summed E-state index contributed by atoms with van der Waals surface area (Å²) in [6.07, 6.45) is 0. The van der Waals surface area contributed by atoms with Crippen molar-refractivity contribution in [3.8, 4) is 0 Å². The second-order valence-corrected chi connectivity index (χ2v) is 2.11. The Labute approximate surface area is 54.5 Å². The van der Waals surface area contributed by atoms with Gasteiger partial charge in [0.1, 0.15) is 11.3 Å². The number of carbonyl (C=O) groups excluding carboxylic acids is 1. The number of alkyl halides is 1. The first-order valence-corrected chi connectivity index (χ1v) is 2.69. The normalized spacial score (nSPS) is 11.1. The molecule has 0 saturated heterocycles. The molecule has 0 amide bonds. The van der Waals surface area contributed by atoms with E-state index in [1.165, 1.54) is 20.8 Å². The van der Waals surface area contributed by atoms with Crippen molar-refractivity contribution in [3.63, 3.8) is 0 Å². The number of hydrogen-bond donors (Lipinski definition) is 1. The number of aliphatic hydroxyl groups is 1. The Kier molecular flexibility index (Phi) is 9.36. The Balaban J connectivity index is 0. The SMILES string of the molecule is CC(C)=O.CC(O)Cl. The molecule has 0 spiro atoms. The van der Waals surface area contributed by atoms with Crippen LogP contribution in [0.25, 0.3) is 0 Å². The molecule has 0 aromatic carbocycles. The number of carbonyl (C=O) groups is 1. The van der Waals surface area contributed by atoms with Crippen LogP contribution in [0, 0.1) is 0 Å². The van der Waals surface area contributed by atoms with E-state index in [-0.39, 0.29) is 5.78 Å². The molecule has 1 N–H and O–H groups in total. The molecule has 0 aliphatic carbocycles. The third kappa shape index (κ3) is 22400. The molecule has 0 heterocycles. The van der Waals surface area contributed by atoms with Crippen molar-refractivity contribution in [2.75, 3.05) is 0 Å². The standard InChI is InChI=1S/C3H6O.C2H5ClO/c1-3(2)4;1-2(3)4/h1-2H3;2,4H,1H3. The van der Waals surface area contributed by atoms with Crippen LogP contribution in [0.4, 0.5) is 0 Å². The minimum absolute atomic E-state index is 0.167. The molecular weight excluding hydrogens is 128 g/mol. The zero-order chi connectivity index (χ0) is 7.15. The van der Waals surface area contributed by atoms with Gasteiger partial charge < -0.3 is 9.90 Å². The summed E-state index contributed by atoms with van der Waals surface area (Å²) >= 11 is 4.83. The van der Waals surface area contributed by atoms with Crippen LogP contribution in [-0.2, 0) is 4.79 Å².